The number of hydrogen-bond donors (Lipinski definition) is 2. The fourth-order valence-electron chi connectivity index (χ4n) is 1.97. The number of benzene rings is 1. The molecule has 3 N–H and O–H groups in total. The van der Waals surface area contributed by atoms with Crippen molar-refractivity contribution >= 4 is 5.91 Å². The average molecular weight is 266 g/mol. The average Bonchev–Trinajstić information content (AvgIpc) is 2.27. The minimum atomic E-state index is -0.268. The molecule has 0 radical (unpaired) electrons. The molecule has 0 aliphatic heterocycles. The molecule has 1 unspecified atom stereocenters. The van der Waals surface area contributed by atoms with Gasteiger partial charge in [0.2, 0.25) is 5.91 Å². The van der Waals surface area contributed by atoms with Crippen LogP contribution >= 0.6 is 0 Å². The van der Waals surface area contributed by atoms with Crippen molar-refractivity contribution in [1.82, 2.24) is 5.32 Å². The molecular formula is C15H23FN2O. The number of carbonyl (C=O) groups excluding carboxylic acids is 1. The summed E-state index contributed by atoms with van der Waals surface area (Å²) in [5, 5.41) is 2.91. The van der Waals surface area contributed by atoms with Crippen LogP contribution in [-0.4, -0.2) is 18.0 Å². The molecule has 1 amide bonds. The van der Waals surface area contributed by atoms with E-state index in [1.807, 2.05) is 26.8 Å². The highest BCUT2D eigenvalue weighted by Crippen LogP contribution is 2.21. The van der Waals surface area contributed by atoms with Gasteiger partial charge in [-0.1, -0.05) is 12.1 Å². The van der Waals surface area contributed by atoms with Gasteiger partial charge in [0.05, 0.1) is 0 Å². The fourth-order valence-corrected chi connectivity index (χ4v) is 1.97. The predicted octanol–water partition coefficient (Wildman–Crippen LogP) is 2.56. The summed E-state index contributed by atoms with van der Waals surface area (Å²) >= 11 is 0. The first-order valence-electron chi connectivity index (χ1n) is 6.58. The van der Waals surface area contributed by atoms with E-state index in [-0.39, 0.29) is 23.2 Å². The number of hydrogen-bond acceptors (Lipinski definition) is 2. The molecule has 0 aliphatic rings. The highest BCUT2D eigenvalue weighted by molar-refractivity contribution is 5.76. The Kier molecular flexibility index (Phi) is 5.48. The Balaban J connectivity index is 2.56. The number of nitrogens with one attached hydrogen (secondary N) is 1. The number of halogens is 1. The first-order chi connectivity index (χ1) is 8.81. The quantitative estimate of drug-likeness (QED) is 0.860. The van der Waals surface area contributed by atoms with E-state index >= 15 is 0 Å². The van der Waals surface area contributed by atoms with Crippen molar-refractivity contribution < 1.29 is 9.18 Å². The van der Waals surface area contributed by atoms with E-state index in [4.69, 9.17) is 5.73 Å². The third kappa shape index (κ3) is 5.83. The second-order valence-corrected chi connectivity index (χ2v) is 5.82. The van der Waals surface area contributed by atoms with E-state index < -0.39 is 0 Å². The van der Waals surface area contributed by atoms with Crippen LogP contribution in [0.2, 0.25) is 0 Å². The Morgan fingerprint density at radius 3 is 2.63 bits per heavy atom. The lowest BCUT2D eigenvalue weighted by molar-refractivity contribution is -0.122. The number of nitrogens with two attached hydrogens (primary N) is 1. The van der Waals surface area contributed by atoms with E-state index in [2.05, 4.69) is 5.32 Å². The normalized spacial score (nSPS) is 13.1. The van der Waals surface area contributed by atoms with Crippen LogP contribution < -0.4 is 11.1 Å². The number of rotatable bonds is 5. The molecule has 0 fully saturated rings. The van der Waals surface area contributed by atoms with Crippen LogP contribution in [0.15, 0.2) is 24.3 Å². The van der Waals surface area contributed by atoms with Crippen LogP contribution in [0.4, 0.5) is 4.39 Å². The van der Waals surface area contributed by atoms with Gasteiger partial charge in [-0.25, -0.2) is 4.39 Å². The Labute approximate surface area is 114 Å². The van der Waals surface area contributed by atoms with E-state index in [1.165, 1.54) is 12.1 Å². The lowest BCUT2D eigenvalue weighted by Crippen LogP contribution is -2.40. The van der Waals surface area contributed by atoms with Gasteiger partial charge in [-0.05, 0) is 57.4 Å². The highest BCUT2D eigenvalue weighted by Gasteiger charge is 2.16. The molecule has 1 aromatic carbocycles. The molecule has 1 rings (SSSR count). The zero-order valence-electron chi connectivity index (χ0n) is 11.9. The molecule has 3 nitrogen and oxygen atoms in total. The van der Waals surface area contributed by atoms with E-state index in [1.54, 1.807) is 6.07 Å². The minimum Gasteiger partial charge on any atom is -0.352 e. The third-order valence-corrected chi connectivity index (χ3v) is 2.84. The minimum absolute atomic E-state index is 0.00218. The molecule has 0 bridgehead atoms. The maximum absolute atomic E-state index is 13.2. The molecule has 0 spiro atoms. The number of carbonyl (C=O) groups is 1. The van der Waals surface area contributed by atoms with Crippen molar-refractivity contribution in [3.63, 3.8) is 0 Å². The maximum Gasteiger partial charge on any atom is 0.220 e. The zero-order chi connectivity index (χ0) is 14.5. The molecule has 106 valence electrons. The van der Waals surface area contributed by atoms with Gasteiger partial charge in [-0.15, -0.1) is 0 Å². The van der Waals surface area contributed by atoms with Gasteiger partial charge in [0.15, 0.2) is 0 Å². The van der Waals surface area contributed by atoms with Gasteiger partial charge in [-0.2, -0.15) is 0 Å². The van der Waals surface area contributed by atoms with Crippen molar-refractivity contribution in [2.75, 3.05) is 6.54 Å². The summed E-state index contributed by atoms with van der Waals surface area (Å²) in [4.78, 5) is 11.8. The summed E-state index contributed by atoms with van der Waals surface area (Å²) < 4.78 is 13.2. The maximum atomic E-state index is 13.2. The topological polar surface area (TPSA) is 55.1 Å². The predicted molar refractivity (Wildman–Crippen MR) is 75.3 cm³/mol. The monoisotopic (exact) mass is 266 g/mol. The second kappa shape index (κ2) is 6.66. The standard InChI is InChI=1S/C15H23FN2O/c1-15(2,3)18-14(19)8-7-12(10-17)11-5-4-6-13(16)9-11/h4-6,9,12H,7-8,10,17H2,1-3H3,(H,18,19). The first-order valence-corrected chi connectivity index (χ1v) is 6.58. The SMILES string of the molecule is CC(C)(C)NC(=O)CCC(CN)c1cccc(F)c1. The Morgan fingerprint density at radius 2 is 2.11 bits per heavy atom. The molecule has 4 heteroatoms. The fraction of sp³-hybridized carbons (Fsp3) is 0.533. The molecule has 19 heavy (non-hydrogen) atoms. The van der Waals surface area contributed by atoms with Crippen molar-refractivity contribution in [1.29, 1.82) is 0 Å². The Hall–Kier alpha value is -1.42. The van der Waals surface area contributed by atoms with Crippen molar-refractivity contribution in [2.24, 2.45) is 5.73 Å². The molecule has 1 atom stereocenters. The molecule has 0 heterocycles. The summed E-state index contributed by atoms with van der Waals surface area (Å²) in [7, 11) is 0. The van der Waals surface area contributed by atoms with Gasteiger partial charge in [0.25, 0.3) is 0 Å². The Morgan fingerprint density at radius 1 is 1.42 bits per heavy atom. The van der Waals surface area contributed by atoms with Crippen LogP contribution in [0.1, 0.15) is 45.1 Å². The molecule has 0 saturated carbocycles. The second-order valence-electron chi connectivity index (χ2n) is 5.82. The largest absolute Gasteiger partial charge is 0.352 e. The lowest BCUT2D eigenvalue weighted by Gasteiger charge is -2.21. The van der Waals surface area contributed by atoms with E-state index in [0.717, 1.165) is 5.56 Å². The smallest absolute Gasteiger partial charge is 0.220 e. The van der Waals surface area contributed by atoms with E-state index in [0.29, 0.717) is 19.4 Å². The van der Waals surface area contributed by atoms with Gasteiger partial charge in [0.1, 0.15) is 5.82 Å². The van der Waals surface area contributed by atoms with Crippen LogP contribution in [0.5, 0.6) is 0 Å². The Bertz CT molecular complexity index is 426. The molecular weight excluding hydrogens is 243 g/mol. The first kappa shape index (κ1) is 15.6. The van der Waals surface area contributed by atoms with Crippen LogP contribution in [0.25, 0.3) is 0 Å². The van der Waals surface area contributed by atoms with Crippen LogP contribution in [0, 0.1) is 5.82 Å². The van der Waals surface area contributed by atoms with Gasteiger partial charge in [0, 0.05) is 12.0 Å². The van der Waals surface area contributed by atoms with Crippen molar-refractivity contribution in [3.8, 4) is 0 Å². The highest BCUT2D eigenvalue weighted by atomic mass is 19.1. The summed E-state index contributed by atoms with van der Waals surface area (Å²) in [5.74, 6) is -0.251. The molecule has 0 aliphatic carbocycles. The van der Waals surface area contributed by atoms with Crippen LogP contribution in [0.3, 0.4) is 0 Å². The summed E-state index contributed by atoms with van der Waals surface area (Å²) in [6.45, 7) is 6.24. The summed E-state index contributed by atoms with van der Waals surface area (Å²) in [5.41, 5.74) is 6.34. The van der Waals surface area contributed by atoms with Crippen LogP contribution in [-0.2, 0) is 4.79 Å². The zero-order valence-corrected chi connectivity index (χ0v) is 11.9. The third-order valence-electron chi connectivity index (χ3n) is 2.84. The molecule has 0 saturated heterocycles. The summed E-state index contributed by atoms with van der Waals surface area (Å²) in [6.07, 6.45) is 1.03. The van der Waals surface area contributed by atoms with Gasteiger partial charge < -0.3 is 11.1 Å². The van der Waals surface area contributed by atoms with Crippen molar-refractivity contribution in [3.05, 3.63) is 35.6 Å². The molecule has 1 aromatic rings. The van der Waals surface area contributed by atoms with Crippen molar-refractivity contribution in [2.45, 2.75) is 45.1 Å². The van der Waals surface area contributed by atoms with Gasteiger partial charge in [-0.3, -0.25) is 4.79 Å². The summed E-state index contributed by atoms with van der Waals surface area (Å²) in [6, 6.07) is 6.41. The number of amides is 1. The molecule has 0 aromatic heterocycles. The van der Waals surface area contributed by atoms with E-state index in [9.17, 15) is 9.18 Å². The van der Waals surface area contributed by atoms with Gasteiger partial charge >= 0.3 is 0 Å². The lowest BCUT2D eigenvalue weighted by atomic mass is 9.94.